The first-order chi connectivity index (χ1) is 21.9. The third-order valence-electron chi connectivity index (χ3n) is 9.85. The van der Waals surface area contributed by atoms with Gasteiger partial charge in [-0.2, -0.15) is 5.10 Å². The number of benzene rings is 1. The Hall–Kier alpha value is -4.58. The second-order valence-corrected chi connectivity index (χ2v) is 12.9. The summed E-state index contributed by atoms with van der Waals surface area (Å²) in [5.74, 6) is -1.01. The van der Waals surface area contributed by atoms with Gasteiger partial charge in [0.05, 0.1) is 28.6 Å². The number of nitrogens with zero attached hydrogens (tertiary/aromatic N) is 5. The molecule has 12 heteroatoms. The first-order valence-electron chi connectivity index (χ1n) is 16.0. The predicted octanol–water partition coefficient (Wildman–Crippen LogP) is 2.70. The van der Waals surface area contributed by atoms with Crippen LogP contribution in [0.2, 0.25) is 0 Å². The maximum atomic E-state index is 13.2. The van der Waals surface area contributed by atoms with Crippen LogP contribution in [-0.2, 0) is 9.59 Å². The van der Waals surface area contributed by atoms with Crippen molar-refractivity contribution >= 4 is 35.0 Å². The van der Waals surface area contributed by atoms with Gasteiger partial charge < -0.3 is 15.5 Å². The lowest BCUT2D eigenvalue weighted by molar-refractivity contribution is -0.136. The van der Waals surface area contributed by atoms with Crippen molar-refractivity contribution < 1.29 is 19.2 Å². The average molecular weight is 609 g/mol. The molecular weight excluding hydrogens is 572 g/mol. The van der Waals surface area contributed by atoms with Crippen molar-refractivity contribution in [2.45, 2.75) is 56.5 Å². The second-order valence-electron chi connectivity index (χ2n) is 12.9. The van der Waals surface area contributed by atoms with Crippen LogP contribution in [0.15, 0.2) is 42.7 Å². The minimum atomic E-state index is -0.964. The number of pyridine rings is 1. The van der Waals surface area contributed by atoms with Crippen molar-refractivity contribution in [3.8, 4) is 11.3 Å². The van der Waals surface area contributed by atoms with Gasteiger partial charge in [-0.25, -0.2) is 0 Å². The van der Waals surface area contributed by atoms with Crippen molar-refractivity contribution in [3.63, 3.8) is 0 Å². The average Bonchev–Trinajstić information content (AvgIpc) is 3.74. The van der Waals surface area contributed by atoms with Crippen LogP contribution in [0.4, 0.5) is 11.4 Å². The molecule has 12 nitrogen and oxygen atoms in total. The maximum absolute atomic E-state index is 13.2. The Labute approximate surface area is 260 Å². The van der Waals surface area contributed by atoms with E-state index < -0.39 is 23.8 Å². The molecule has 232 valence electrons. The number of rotatable bonds is 8. The zero-order valence-corrected chi connectivity index (χ0v) is 25.0. The molecule has 0 bridgehead atoms. The second kappa shape index (κ2) is 11.1. The van der Waals surface area contributed by atoms with Crippen molar-refractivity contribution in [2.75, 3.05) is 42.9 Å². The first-order valence-corrected chi connectivity index (χ1v) is 16.0. The van der Waals surface area contributed by atoms with Gasteiger partial charge in [0, 0.05) is 74.4 Å². The van der Waals surface area contributed by atoms with Gasteiger partial charge in [0.1, 0.15) is 6.04 Å². The number of amides is 4. The summed E-state index contributed by atoms with van der Waals surface area (Å²) in [5, 5.41) is 14.2. The summed E-state index contributed by atoms with van der Waals surface area (Å²) >= 11 is 0. The van der Waals surface area contributed by atoms with E-state index >= 15 is 0 Å². The molecule has 2 aromatic heterocycles. The Kier molecular flexibility index (Phi) is 6.89. The van der Waals surface area contributed by atoms with Crippen LogP contribution >= 0.6 is 0 Å². The standard InChI is InChI=1S/C33H36N8O4/c42-29-6-5-28(31(43)37-29)41-32(44)24-4-3-21(15-25(24)33(41)45)36-17-19-13-23(14-19)40-18-26(30(38-40)20-1-2-20)27-16-22(7-8-35-27)39-11-9-34-10-12-39/h3-4,7-8,15-16,18-20,23,28,34,36H,1-2,5-6,9-14,17H2,(H,37,42,43). The van der Waals surface area contributed by atoms with E-state index in [2.05, 4.69) is 43.9 Å². The molecule has 3 N–H and O–H groups in total. The highest BCUT2D eigenvalue weighted by molar-refractivity contribution is 6.23. The largest absolute Gasteiger partial charge is 0.385 e. The topological polar surface area (TPSA) is 142 Å². The molecule has 4 fully saturated rings. The van der Waals surface area contributed by atoms with E-state index in [0.717, 1.165) is 67.4 Å². The van der Waals surface area contributed by atoms with Gasteiger partial charge in [-0.3, -0.25) is 39.1 Å². The number of carbonyl (C=O) groups is 4. The van der Waals surface area contributed by atoms with E-state index in [4.69, 9.17) is 10.1 Å². The van der Waals surface area contributed by atoms with E-state index in [1.54, 1.807) is 18.2 Å². The molecule has 3 aromatic rings. The van der Waals surface area contributed by atoms with E-state index in [-0.39, 0.29) is 29.9 Å². The molecule has 4 amide bonds. The number of piperidine rings is 1. The molecule has 1 unspecified atom stereocenters. The normalized spacial score (nSPS) is 24.8. The zero-order chi connectivity index (χ0) is 30.7. The number of hydrogen-bond donors (Lipinski definition) is 3. The van der Waals surface area contributed by atoms with Crippen LogP contribution in [0.25, 0.3) is 11.3 Å². The number of piperazine rings is 1. The van der Waals surface area contributed by atoms with Crippen LogP contribution < -0.4 is 20.9 Å². The first kappa shape index (κ1) is 27.9. The number of hydrogen-bond acceptors (Lipinski definition) is 9. The van der Waals surface area contributed by atoms with E-state index in [9.17, 15) is 19.2 Å². The molecule has 45 heavy (non-hydrogen) atoms. The molecule has 2 saturated carbocycles. The molecule has 5 aliphatic rings. The number of anilines is 2. The highest BCUT2D eigenvalue weighted by Crippen LogP contribution is 2.46. The third-order valence-corrected chi connectivity index (χ3v) is 9.85. The molecule has 1 aromatic carbocycles. The van der Waals surface area contributed by atoms with E-state index in [0.29, 0.717) is 17.9 Å². The molecular formula is C33H36N8O4. The summed E-state index contributed by atoms with van der Waals surface area (Å²) in [5.41, 5.74) is 5.87. The van der Waals surface area contributed by atoms with Crippen molar-refractivity contribution in [2.24, 2.45) is 5.92 Å². The van der Waals surface area contributed by atoms with Crippen molar-refractivity contribution in [1.82, 2.24) is 30.3 Å². The summed E-state index contributed by atoms with van der Waals surface area (Å²) in [6.07, 6.45) is 8.71. The minimum absolute atomic E-state index is 0.0989. The van der Waals surface area contributed by atoms with E-state index in [1.165, 1.54) is 24.2 Å². The lowest BCUT2D eigenvalue weighted by Crippen LogP contribution is -2.54. The Morgan fingerprint density at radius 1 is 0.911 bits per heavy atom. The van der Waals surface area contributed by atoms with Crippen LogP contribution in [0.3, 0.4) is 0 Å². The Balaban J connectivity index is 0.909. The summed E-state index contributed by atoms with van der Waals surface area (Å²) in [7, 11) is 0. The van der Waals surface area contributed by atoms with Gasteiger partial charge in [0.2, 0.25) is 11.8 Å². The highest BCUT2D eigenvalue weighted by atomic mass is 16.2. The molecule has 0 spiro atoms. The molecule has 2 saturated heterocycles. The van der Waals surface area contributed by atoms with E-state index in [1.807, 2.05) is 6.20 Å². The zero-order valence-electron chi connectivity index (χ0n) is 25.0. The molecule has 8 rings (SSSR count). The van der Waals surface area contributed by atoms with Crippen LogP contribution in [0.1, 0.15) is 76.9 Å². The fourth-order valence-electron chi connectivity index (χ4n) is 7.06. The predicted molar refractivity (Wildman–Crippen MR) is 166 cm³/mol. The van der Waals surface area contributed by atoms with Crippen molar-refractivity contribution in [1.29, 1.82) is 0 Å². The molecule has 0 radical (unpaired) electrons. The van der Waals surface area contributed by atoms with Crippen LogP contribution in [-0.4, -0.2) is 82.1 Å². The lowest BCUT2D eigenvalue weighted by atomic mass is 9.80. The molecule has 3 aliphatic heterocycles. The SMILES string of the molecule is O=C1CCC(N2C(=O)c3ccc(NCC4CC(n5cc(-c6cc(N7CCNCC7)ccn6)c(C6CC6)n5)C4)cc3C2=O)C(=O)N1. The summed E-state index contributed by atoms with van der Waals surface area (Å²) in [6, 6.07) is 8.82. The van der Waals surface area contributed by atoms with Crippen LogP contribution in [0, 0.1) is 5.92 Å². The van der Waals surface area contributed by atoms with Crippen LogP contribution in [0.5, 0.6) is 0 Å². The fourth-order valence-corrected chi connectivity index (χ4v) is 7.06. The Morgan fingerprint density at radius 3 is 2.49 bits per heavy atom. The summed E-state index contributed by atoms with van der Waals surface area (Å²) < 4.78 is 2.15. The van der Waals surface area contributed by atoms with Gasteiger partial charge in [-0.1, -0.05) is 0 Å². The highest BCUT2D eigenvalue weighted by Gasteiger charge is 2.44. The molecule has 2 aliphatic carbocycles. The monoisotopic (exact) mass is 608 g/mol. The summed E-state index contributed by atoms with van der Waals surface area (Å²) in [4.78, 5) is 58.2. The Morgan fingerprint density at radius 2 is 1.71 bits per heavy atom. The lowest BCUT2D eigenvalue weighted by Gasteiger charge is -2.35. The smallest absolute Gasteiger partial charge is 0.262 e. The summed E-state index contributed by atoms with van der Waals surface area (Å²) in [6.45, 7) is 4.72. The molecule has 1 atom stereocenters. The third kappa shape index (κ3) is 5.16. The molecule has 5 heterocycles. The number of carbonyl (C=O) groups excluding carboxylic acids is 4. The number of imide groups is 2. The van der Waals surface area contributed by atoms with Gasteiger partial charge in [0.25, 0.3) is 11.8 Å². The number of fused-ring (bicyclic) bond motifs is 1. The quantitative estimate of drug-likeness (QED) is 0.329. The maximum Gasteiger partial charge on any atom is 0.262 e. The number of aromatic nitrogens is 3. The minimum Gasteiger partial charge on any atom is -0.385 e. The van der Waals surface area contributed by atoms with Gasteiger partial charge in [-0.05, 0) is 68.4 Å². The fraction of sp³-hybridized carbons (Fsp3) is 0.455. The Bertz CT molecular complexity index is 1700. The van der Waals surface area contributed by atoms with Gasteiger partial charge in [-0.15, -0.1) is 0 Å². The number of nitrogens with one attached hydrogen (secondary N) is 3. The van der Waals surface area contributed by atoms with Gasteiger partial charge >= 0.3 is 0 Å². The van der Waals surface area contributed by atoms with Crippen molar-refractivity contribution in [3.05, 3.63) is 59.5 Å². The van der Waals surface area contributed by atoms with Gasteiger partial charge in [0.15, 0.2) is 0 Å².